The normalized spacial score (nSPS) is 8.40. The van der Waals surface area contributed by atoms with E-state index in [4.69, 9.17) is 10.8 Å². The average Bonchev–Trinajstić information content (AvgIpc) is 1.59. The average molecular weight is 336 g/mol. The zero-order chi connectivity index (χ0) is 6.85. The maximum absolute atomic E-state index is 10.3. The first kappa shape index (κ1) is 9.40. The number of hydrogen-bond donors (Lipinski definition) is 3. The number of hydrogen-bond acceptors (Lipinski definition) is 4. The minimum absolute atomic E-state index is 0. The monoisotopic (exact) mass is 337 g/mol. The fraction of sp³-hybridized carbons (Fsp3) is 0. The molecule has 0 aliphatic rings. The molecule has 0 aliphatic carbocycles. The van der Waals surface area contributed by atoms with Crippen molar-refractivity contribution in [3.8, 4) is 5.88 Å². The number of anilines is 1. The molecule has 1 heterocycles. The van der Waals surface area contributed by atoms with Crippen molar-refractivity contribution in [1.82, 2.24) is 9.97 Å². The number of nitrogens with two attached hydrogens (primary N) is 1. The first-order valence-electron chi connectivity index (χ1n) is 2.24. The van der Waals surface area contributed by atoms with Crippen molar-refractivity contribution in [1.29, 1.82) is 0 Å². The first-order chi connectivity index (χ1) is 4.18. The number of H-pyrrole nitrogens is 1. The van der Waals surface area contributed by atoms with Crippen molar-refractivity contribution in [2.45, 2.75) is 0 Å². The fourth-order valence-corrected chi connectivity index (χ4v) is 0.463. The van der Waals surface area contributed by atoms with Crippen molar-refractivity contribution in [2.75, 3.05) is 5.73 Å². The van der Waals surface area contributed by atoms with Gasteiger partial charge in [0.05, 0.1) is 6.07 Å². The standard InChI is InChI=1S/C4H5N3O2.Pb.2H/c5-4-6-2(8)1-3(9)7-4;;;/h1H,(H4,5,6,7,8,9);;;. The SMILES string of the molecule is Nc1nc(=O)cc(O)[nH]1.[PbH2]. The van der Waals surface area contributed by atoms with Gasteiger partial charge in [0.1, 0.15) is 0 Å². The molecular formula is C4H7N3O2Pb. The molecule has 5 nitrogen and oxygen atoms in total. The molecule has 0 saturated carbocycles. The van der Waals surface area contributed by atoms with Crippen LogP contribution in [0, 0.1) is 0 Å². The van der Waals surface area contributed by atoms with Gasteiger partial charge in [-0.3, -0.25) is 9.78 Å². The second-order valence-electron chi connectivity index (χ2n) is 1.49. The number of aromatic hydroxyl groups is 1. The zero-order valence-corrected chi connectivity index (χ0v) is 10.7. The summed E-state index contributed by atoms with van der Waals surface area (Å²) in [6.45, 7) is 0. The maximum atomic E-state index is 10.3. The van der Waals surface area contributed by atoms with Crippen molar-refractivity contribution in [3.05, 3.63) is 16.4 Å². The molecule has 1 rings (SSSR count). The molecule has 0 amide bonds. The predicted octanol–water partition coefficient (Wildman–Crippen LogP) is -1.86. The summed E-state index contributed by atoms with van der Waals surface area (Å²) in [5, 5.41) is 8.62. The number of nitrogens with one attached hydrogen (secondary N) is 1. The number of rotatable bonds is 0. The Morgan fingerprint density at radius 3 is 2.70 bits per heavy atom. The third kappa shape index (κ3) is 2.33. The van der Waals surface area contributed by atoms with Crippen LogP contribution in [0.25, 0.3) is 0 Å². The number of aromatic nitrogens is 2. The van der Waals surface area contributed by atoms with Crippen LogP contribution in [0.3, 0.4) is 0 Å². The summed E-state index contributed by atoms with van der Waals surface area (Å²) in [7, 11) is 0. The second-order valence-corrected chi connectivity index (χ2v) is 1.49. The van der Waals surface area contributed by atoms with Gasteiger partial charge in [0.15, 0.2) is 5.88 Å². The number of nitrogens with zero attached hydrogens (tertiary/aromatic N) is 1. The van der Waals surface area contributed by atoms with Gasteiger partial charge in [-0.15, -0.1) is 0 Å². The predicted molar refractivity (Wildman–Crippen MR) is 39.5 cm³/mol. The van der Waals surface area contributed by atoms with Crippen LogP contribution in [-0.2, 0) is 0 Å². The van der Waals surface area contributed by atoms with Crippen molar-refractivity contribution < 1.29 is 5.11 Å². The minimum atomic E-state index is -0.552. The van der Waals surface area contributed by atoms with E-state index in [1.54, 1.807) is 0 Å². The molecule has 0 unspecified atom stereocenters. The van der Waals surface area contributed by atoms with Crippen molar-refractivity contribution >= 4 is 33.2 Å². The van der Waals surface area contributed by atoms with Crippen LogP contribution in [0.4, 0.5) is 5.95 Å². The molecule has 1 aromatic heterocycles. The Labute approximate surface area is 76.4 Å². The van der Waals surface area contributed by atoms with Crippen LogP contribution in [-0.4, -0.2) is 42.4 Å². The van der Waals surface area contributed by atoms with Crippen LogP contribution < -0.4 is 11.3 Å². The Hall–Kier alpha value is -0.598. The Morgan fingerprint density at radius 2 is 2.30 bits per heavy atom. The van der Waals surface area contributed by atoms with E-state index in [0.717, 1.165) is 6.07 Å². The number of nitrogen functional groups attached to an aromatic ring is 1. The Morgan fingerprint density at radius 1 is 1.70 bits per heavy atom. The van der Waals surface area contributed by atoms with Crippen molar-refractivity contribution in [3.63, 3.8) is 0 Å². The molecular weight excluding hydrogens is 329 g/mol. The topological polar surface area (TPSA) is 92.0 Å². The van der Waals surface area contributed by atoms with Gasteiger partial charge in [-0.25, -0.2) is 0 Å². The molecule has 0 fully saturated rings. The summed E-state index contributed by atoms with van der Waals surface area (Å²) < 4.78 is 0. The molecule has 0 atom stereocenters. The zero-order valence-electron chi connectivity index (χ0n) is 5.16. The summed E-state index contributed by atoms with van der Waals surface area (Å²) >= 11 is 0. The summed E-state index contributed by atoms with van der Waals surface area (Å²) in [5.74, 6) is -0.354. The number of aromatic amines is 1. The van der Waals surface area contributed by atoms with E-state index in [1.807, 2.05) is 0 Å². The van der Waals surface area contributed by atoms with E-state index in [1.165, 1.54) is 0 Å². The van der Waals surface area contributed by atoms with Gasteiger partial charge in [0, 0.05) is 0 Å². The van der Waals surface area contributed by atoms with Gasteiger partial charge in [-0.1, -0.05) is 0 Å². The Balaban J connectivity index is 0.000000810. The van der Waals surface area contributed by atoms with Crippen LogP contribution in [0.5, 0.6) is 5.88 Å². The van der Waals surface area contributed by atoms with Crippen LogP contribution in [0.2, 0.25) is 0 Å². The van der Waals surface area contributed by atoms with Gasteiger partial charge in [0.2, 0.25) is 5.95 Å². The molecule has 4 N–H and O–H groups in total. The van der Waals surface area contributed by atoms with Crippen molar-refractivity contribution in [2.24, 2.45) is 0 Å². The van der Waals surface area contributed by atoms with E-state index in [-0.39, 0.29) is 39.1 Å². The van der Waals surface area contributed by atoms with Gasteiger partial charge in [0.25, 0.3) is 5.56 Å². The van der Waals surface area contributed by atoms with Gasteiger partial charge in [-0.05, 0) is 0 Å². The molecule has 0 aromatic carbocycles. The molecule has 6 heteroatoms. The molecule has 0 aliphatic heterocycles. The van der Waals surface area contributed by atoms with Crippen LogP contribution in [0.15, 0.2) is 10.9 Å². The van der Waals surface area contributed by atoms with Gasteiger partial charge >= 0.3 is 27.3 Å². The van der Waals surface area contributed by atoms with Crippen LogP contribution in [0.1, 0.15) is 0 Å². The summed E-state index contributed by atoms with van der Waals surface area (Å²) in [6, 6.07) is 0.941. The molecule has 1 aromatic rings. The van der Waals surface area contributed by atoms with Gasteiger partial charge < -0.3 is 10.8 Å². The molecule has 0 spiro atoms. The molecule has 0 bridgehead atoms. The van der Waals surface area contributed by atoms with Crippen LogP contribution >= 0.6 is 0 Å². The Bertz CT molecular complexity index is 248. The van der Waals surface area contributed by atoms with E-state index >= 15 is 0 Å². The molecule has 2 radical (unpaired) electrons. The second kappa shape index (κ2) is 3.54. The summed E-state index contributed by atoms with van der Waals surface area (Å²) in [5.41, 5.74) is 4.48. The quantitative estimate of drug-likeness (QED) is 0.485. The van der Waals surface area contributed by atoms with E-state index < -0.39 is 5.56 Å². The first-order valence-corrected chi connectivity index (χ1v) is 2.24. The third-order valence-electron chi connectivity index (χ3n) is 0.747. The van der Waals surface area contributed by atoms with E-state index in [2.05, 4.69) is 9.97 Å². The molecule has 0 saturated heterocycles. The van der Waals surface area contributed by atoms with E-state index in [0.29, 0.717) is 0 Å². The molecule has 10 heavy (non-hydrogen) atoms. The van der Waals surface area contributed by atoms with Gasteiger partial charge in [-0.2, -0.15) is 4.98 Å². The Kier molecular flexibility index (Phi) is 3.33. The molecule has 54 valence electrons. The summed E-state index contributed by atoms with van der Waals surface area (Å²) in [6.07, 6.45) is 0. The van der Waals surface area contributed by atoms with E-state index in [9.17, 15) is 4.79 Å². The summed E-state index contributed by atoms with van der Waals surface area (Å²) in [4.78, 5) is 15.8. The third-order valence-corrected chi connectivity index (χ3v) is 0.747. The fourth-order valence-electron chi connectivity index (χ4n) is 0.463.